The molecular weight excluding hydrogens is 452 g/mol. The van der Waals surface area contributed by atoms with E-state index in [0.29, 0.717) is 30.3 Å². The van der Waals surface area contributed by atoms with E-state index in [1.807, 2.05) is 0 Å². The van der Waals surface area contributed by atoms with Crippen LogP contribution in [-0.2, 0) is 0 Å². The van der Waals surface area contributed by atoms with Gasteiger partial charge in [-0.25, -0.2) is 0 Å². The summed E-state index contributed by atoms with van der Waals surface area (Å²) < 4.78 is 0. The molecule has 0 unspecified atom stereocenters. The Balaban J connectivity index is 1.75. The average molecular weight is 493 g/mol. The van der Waals surface area contributed by atoms with Crippen LogP contribution < -0.4 is 32.7 Å². The van der Waals surface area contributed by atoms with Gasteiger partial charge in [0.2, 0.25) is 35.7 Å². The van der Waals surface area contributed by atoms with Crippen LogP contribution in [0.1, 0.15) is 57.8 Å². The predicted octanol–water partition coefficient (Wildman–Crippen LogP) is 1.06. The fraction of sp³-hybridized carbons (Fsp3) is 0.714. The number of hydrogen-bond acceptors (Lipinski definition) is 14. The van der Waals surface area contributed by atoms with E-state index >= 15 is 0 Å². The van der Waals surface area contributed by atoms with E-state index in [0.717, 1.165) is 77.4 Å². The molecule has 0 aliphatic heterocycles. The monoisotopic (exact) mass is 492 g/mol. The van der Waals surface area contributed by atoms with Crippen molar-refractivity contribution in [3.8, 4) is 0 Å². The molecule has 35 heavy (non-hydrogen) atoms. The molecule has 0 saturated carbocycles. The lowest BCUT2D eigenvalue weighted by atomic mass is 10.2. The summed E-state index contributed by atoms with van der Waals surface area (Å²) in [6, 6.07) is 0. The van der Waals surface area contributed by atoms with Gasteiger partial charge >= 0.3 is 0 Å². The van der Waals surface area contributed by atoms with Gasteiger partial charge in [-0.2, -0.15) is 29.9 Å². The quantitative estimate of drug-likeness (QED) is 0.121. The Morgan fingerprint density at radius 1 is 0.429 bits per heavy atom. The predicted molar refractivity (Wildman–Crippen MR) is 138 cm³/mol. The lowest BCUT2D eigenvalue weighted by Crippen LogP contribution is -2.14. The number of aromatic nitrogens is 6. The van der Waals surface area contributed by atoms with E-state index in [1.165, 1.54) is 0 Å². The molecule has 0 amide bonds. The molecule has 0 saturated heterocycles. The molecule has 0 aliphatic carbocycles. The van der Waals surface area contributed by atoms with Gasteiger partial charge in [0.15, 0.2) is 0 Å². The molecule has 2 rings (SSSR count). The third-order valence-electron chi connectivity index (χ3n) is 4.96. The first-order chi connectivity index (χ1) is 17.1. The zero-order chi connectivity index (χ0) is 25.1. The minimum Gasteiger partial charge on any atom is -0.396 e. The Morgan fingerprint density at radius 2 is 0.743 bits per heavy atom. The number of aliphatic hydroxyl groups excluding tert-OH is 2. The molecule has 0 aromatic carbocycles. The topological polar surface area (TPSA) is 218 Å². The van der Waals surface area contributed by atoms with Gasteiger partial charge in [-0.05, 0) is 57.8 Å². The summed E-state index contributed by atoms with van der Waals surface area (Å²) in [5.41, 5.74) is 11.1. The van der Waals surface area contributed by atoms with Gasteiger partial charge in [-0.3, -0.25) is 0 Å². The number of nitrogens with zero attached hydrogens (tertiary/aromatic N) is 6. The maximum Gasteiger partial charge on any atom is 0.229 e. The van der Waals surface area contributed by atoms with Crippen LogP contribution in [-0.4, -0.2) is 79.5 Å². The van der Waals surface area contributed by atoms with Gasteiger partial charge in [0.05, 0.1) is 0 Å². The molecule has 14 heteroatoms. The normalized spacial score (nSPS) is 10.8. The van der Waals surface area contributed by atoms with Crippen LogP contribution in [0.3, 0.4) is 0 Å². The first kappa shape index (κ1) is 28.0. The smallest absolute Gasteiger partial charge is 0.229 e. The molecule has 14 nitrogen and oxygen atoms in total. The summed E-state index contributed by atoms with van der Waals surface area (Å²) in [4.78, 5) is 25.1. The highest BCUT2D eigenvalue weighted by molar-refractivity contribution is 5.42. The number of unbranched alkanes of at least 4 members (excludes halogenated alkanes) is 6. The first-order valence-electron chi connectivity index (χ1n) is 12.3. The zero-order valence-corrected chi connectivity index (χ0v) is 20.3. The van der Waals surface area contributed by atoms with E-state index < -0.39 is 0 Å². The van der Waals surface area contributed by atoms with Crippen molar-refractivity contribution in [2.45, 2.75) is 57.8 Å². The standard InChI is InChI=1S/C21H40N12O2/c22-16-28-17(23)30-18(29-16)24-10-4-1-5-11-25-19-31-20(26-12-6-2-8-14-34)33-21(32-19)27-13-7-3-9-15-35/h34-35H,1-15H2,(H5,22,23,24,28,29,30)(H3,25,26,27,31,32,33). The lowest BCUT2D eigenvalue weighted by molar-refractivity contribution is 0.283. The van der Waals surface area contributed by atoms with Gasteiger partial charge in [0.25, 0.3) is 0 Å². The van der Waals surface area contributed by atoms with Crippen molar-refractivity contribution in [1.29, 1.82) is 0 Å². The van der Waals surface area contributed by atoms with Gasteiger partial charge in [0.1, 0.15) is 0 Å². The van der Waals surface area contributed by atoms with Crippen LogP contribution in [0, 0.1) is 0 Å². The molecule has 2 aromatic heterocycles. The molecule has 10 N–H and O–H groups in total. The van der Waals surface area contributed by atoms with Crippen LogP contribution in [0.4, 0.5) is 35.7 Å². The van der Waals surface area contributed by atoms with E-state index in [4.69, 9.17) is 21.7 Å². The average Bonchev–Trinajstić information content (AvgIpc) is 2.82. The number of anilines is 6. The van der Waals surface area contributed by atoms with Crippen LogP contribution in [0.2, 0.25) is 0 Å². The van der Waals surface area contributed by atoms with Gasteiger partial charge in [-0.15, -0.1) is 0 Å². The van der Waals surface area contributed by atoms with Gasteiger partial charge in [-0.1, -0.05) is 0 Å². The second kappa shape index (κ2) is 17.2. The highest BCUT2D eigenvalue weighted by atomic mass is 16.3. The minimum atomic E-state index is 0.0968. The summed E-state index contributed by atoms with van der Waals surface area (Å²) in [5.74, 6) is 2.13. The molecule has 2 heterocycles. The van der Waals surface area contributed by atoms with Gasteiger partial charge in [0, 0.05) is 39.4 Å². The van der Waals surface area contributed by atoms with Gasteiger partial charge < -0.3 is 42.9 Å². The van der Waals surface area contributed by atoms with Crippen LogP contribution >= 0.6 is 0 Å². The number of hydrogen-bond donors (Lipinski definition) is 8. The molecule has 2 aromatic rings. The number of nitrogen functional groups attached to an aromatic ring is 2. The van der Waals surface area contributed by atoms with Crippen molar-refractivity contribution in [1.82, 2.24) is 29.9 Å². The molecular formula is C21H40N12O2. The number of rotatable bonds is 20. The molecule has 0 radical (unpaired) electrons. The lowest BCUT2D eigenvalue weighted by Gasteiger charge is -2.11. The Morgan fingerprint density at radius 3 is 1.09 bits per heavy atom. The van der Waals surface area contributed by atoms with E-state index in [2.05, 4.69) is 51.2 Å². The number of nitrogens with two attached hydrogens (primary N) is 2. The van der Waals surface area contributed by atoms with Crippen LogP contribution in [0.25, 0.3) is 0 Å². The Kier molecular flexibility index (Phi) is 13.8. The number of nitrogens with one attached hydrogen (secondary N) is 4. The van der Waals surface area contributed by atoms with Crippen molar-refractivity contribution < 1.29 is 10.2 Å². The summed E-state index contributed by atoms with van der Waals surface area (Å²) >= 11 is 0. The highest BCUT2D eigenvalue weighted by Gasteiger charge is 2.06. The summed E-state index contributed by atoms with van der Waals surface area (Å²) in [7, 11) is 0. The Hall–Kier alpha value is -3.26. The highest BCUT2D eigenvalue weighted by Crippen LogP contribution is 2.11. The molecule has 0 fully saturated rings. The third kappa shape index (κ3) is 12.7. The molecule has 0 atom stereocenters. The van der Waals surface area contributed by atoms with Crippen molar-refractivity contribution in [3.63, 3.8) is 0 Å². The van der Waals surface area contributed by atoms with E-state index in [1.54, 1.807) is 0 Å². The largest absolute Gasteiger partial charge is 0.396 e. The van der Waals surface area contributed by atoms with Crippen LogP contribution in [0.15, 0.2) is 0 Å². The molecule has 0 spiro atoms. The van der Waals surface area contributed by atoms with Crippen molar-refractivity contribution in [2.24, 2.45) is 0 Å². The molecule has 196 valence electrons. The Bertz CT molecular complexity index is 789. The Labute approximate surface area is 206 Å². The second-order valence-corrected chi connectivity index (χ2v) is 8.02. The van der Waals surface area contributed by atoms with Crippen molar-refractivity contribution in [2.75, 3.05) is 72.1 Å². The van der Waals surface area contributed by atoms with E-state index in [9.17, 15) is 0 Å². The zero-order valence-electron chi connectivity index (χ0n) is 20.3. The maximum atomic E-state index is 8.91. The summed E-state index contributed by atoms with van der Waals surface area (Å²) in [6.07, 6.45) is 8.16. The summed E-state index contributed by atoms with van der Waals surface area (Å²) in [5, 5.41) is 30.7. The summed E-state index contributed by atoms with van der Waals surface area (Å²) in [6.45, 7) is 3.29. The SMILES string of the molecule is Nc1nc(N)nc(NCCCCCNc2nc(NCCCCCO)nc(NCCCCCO)n2)n1. The van der Waals surface area contributed by atoms with Crippen molar-refractivity contribution >= 4 is 35.7 Å². The fourth-order valence-electron chi connectivity index (χ4n) is 3.16. The fourth-order valence-corrected chi connectivity index (χ4v) is 3.16. The van der Waals surface area contributed by atoms with E-state index in [-0.39, 0.29) is 25.1 Å². The second-order valence-electron chi connectivity index (χ2n) is 8.02. The maximum absolute atomic E-state index is 8.91. The molecule has 0 bridgehead atoms. The first-order valence-corrected chi connectivity index (χ1v) is 12.3. The third-order valence-corrected chi connectivity index (χ3v) is 4.96. The molecule has 0 aliphatic rings. The van der Waals surface area contributed by atoms with Crippen molar-refractivity contribution in [3.05, 3.63) is 0 Å². The number of aliphatic hydroxyl groups is 2. The van der Waals surface area contributed by atoms with Crippen LogP contribution in [0.5, 0.6) is 0 Å². The minimum absolute atomic E-state index is 0.0968.